The number of thiophene rings is 1. The van der Waals surface area contributed by atoms with Crippen LogP contribution in [0, 0.1) is 0 Å². The van der Waals surface area contributed by atoms with Crippen molar-refractivity contribution in [2.24, 2.45) is 4.99 Å². The zero-order valence-electron chi connectivity index (χ0n) is 24.0. The van der Waals surface area contributed by atoms with Crippen molar-refractivity contribution in [3.05, 3.63) is 125 Å². The number of rotatable bonds is 9. The van der Waals surface area contributed by atoms with Crippen LogP contribution in [0.5, 0.6) is 11.5 Å². The molecule has 9 heteroatoms. The summed E-state index contributed by atoms with van der Waals surface area (Å²) in [5.41, 5.74) is 2.60. The highest BCUT2D eigenvalue weighted by atomic mass is 32.1. The van der Waals surface area contributed by atoms with Crippen molar-refractivity contribution in [2.75, 3.05) is 13.2 Å². The van der Waals surface area contributed by atoms with Crippen molar-refractivity contribution in [2.45, 2.75) is 33.4 Å². The molecule has 0 unspecified atom stereocenters. The predicted octanol–water partition coefficient (Wildman–Crippen LogP) is 5.99. The Morgan fingerprint density at radius 3 is 2.60 bits per heavy atom. The van der Waals surface area contributed by atoms with Gasteiger partial charge < -0.3 is 14.2 Å². The molecule has 0 amide bonds. The van der Waals surface area contributed by atoms with E-state index in [1.165, 1.54) is 22.7 Å². The maximum atomic E-state index is 13.9. The molecule has 0 N–H and O–H groups in total. The summed E-state index contributed by atoms with van der Waals surface area (Å²) in [6.07, 6.45) is 1.83. The van der Waals surface area contributed by atoms with Gasteiger partial charge in [0.15, 0.2) is 16.3 Å². The fourth-order valence-corrected chi connectivity index (χ4v) is 7.10. The van der Waals surface area contributed by atoms with E-state index in [1.54, 1.807) is 18.4 Å². The molecular weight excluding hydrogens is 581 g/mol. The lowest BCUT2D eigenvalue weighted by atomic mass is 10.0. The Kier molecular flexibility index (Phi) is 8.26. The number of carbonyl (C=O) groups is 1. The van der Waals surface area contributed by atoms with Crippen molar-refractivity contribution in [1.82, 2.24) is 4.57 Å². The zero-order valence-corrected chi connectivity index (χ0v) is 25.7. The second kappa shape index (κ2) is 12.4. The van der Waals surface area contributed by atoms with Gasteiger partial charge in [-0.05, 0) is 72.3 Å². The molecule has 6 rings (SSSR count). The van der Waals surface area contributed by atoms with Crippen LogP contribution in [0.25, 0.3) is 16.8 Å². The van der Waals surface area contributed by atoms with Crippen molar-refractivity contribution in [1.29, 1.82) is 0 Å². The molecule has 3 aromatic carbocycles. The highest BCUT2D eigenvalue weighted by molar-refractivity contribution is 7.10. The first-order chi connectivity index (χ1) is 21.0. The average molecular weight is 611 g/mol. The average Bonchev–Trinajstić information content (AvgIpc) is 3.65. The smallest absolute Gasteiger partial charge is 0.338 e. The SMILES string of the molecule is CCOC(=O)C1=C(C)N=c2s/c(=C\c3ccc(OCc4cccc5ccccc45)c(OCC)c3)c(=O)n2[C@@H]1c1cccs1. The summed E-state index contributed by atoms with van der Waals surface area (Å²) in [6, 6.07) is 23.3. The summed E-state index contributed by atoms with van der Waals surface area (Å²) in [5.74, 6) is 0.763. The summed E-state index contributed by atoms with van der Waals surface area (Å²) < 4.78 is 19.6. The van der Waals surface area contributed by atoms with Gasteiger partial charge in [0.25, 0.3) is 5.56 Å². The van der Waals surface area contributed by atoms with Crippen LogP contribution in [-0.2, 0) is 16.1 Å². The normalized spacial score (nSPS) is 14.9. The minimum Gasteiger partial charge on any atom is -0.490 e. The lowest BCUT2D eigenvalue weighted by Gasteiger charge is -2.23. The van der Waals surface area contributed by atoms with Gasteiger partial charge in [0.05, 0.1) is 29.0 Å². The van der Waals surface area contributed by atoms with Crippen LogP contribution < -0.4 is 24.4 Å². The second-order valence-electron chi connectivity index (χ2n) is 9.88. The highest BCUT2D eigenvalue weighted by Gasteiger charge is 2.33. The Labute approximate surface area is 256 Å². The molecule has 0 aliphatic carbocycles. The van der Waals surface area contributed by atoms with Crippen molar-refractivity contribution >= 4 is 45.5 Å². The van der Waals surface area contributed by atoms with Gasteiger partial charge in [-0.3, -0.25) is 9.36 Å². The number of hydrogen-bond acceptors (Lipinski definition) is 8. The molecule has 0 bridgehead atoms. The molecule has 43 heavy (non-hydrogen) atoms. The number of hydrogen-bond donors (Lipinski definition) is 0. The van der Waals surface area contributed by atoms with Crippen LogP contribution >= 0.6 is 22.7 Å². The van der Waals surface area contributed by atoms with Gasteiger partial charge >= 0.3 is 5.97 Å². The summed E-state index contributed by atoms with van der Waals surface area (Å²) in [7, 11) is 0. The van der Waals surface area contributed by atoms with Gasteiger partial charge in [0.1, 0.15) is 12.6 Å². The maximum Gasteiger partial charge on any atom is 0.338 e. The molecule has 2 aromatic heterocycles. The van der Waals surface area contributed by atoms with Crippen LogP contribution in [0.4, 0.5) is 0 Å². The van der Waals surface area contributed by atoms with E-state index in [0.717, 1.165) is 26.8 Å². The summed E-state index contributed by atoms with van der Waals surface area (Å²) in [5, 5.41) is 4.25. The summed E-state index contributed by atoms with van der Waals surface area (Å²) in [4.78, 5) is 32.9. The third-order valence-corrected chi connectivity index (χ3v) is 9.07. The molecule has 0 fully saturated rings. The molecular formula is C34H30N2O5S2. The van der Waals surface area contributed by atoms with Gasteiger partial charge in [-0.1, -0.05) is 65.9 Å². The first kappa shape index (κ1) is 28.6. The number of esters is 1. The molecule has 0 saturated carbocycles. The molecule has 0 saturated heterocycles. The van der Waals surface area contributed by atoms with E-state index in [9.17, 15) is 9.59 Å². The third-order valence-electron chi connectivity index (χ3n) is 7.16. The largest absolute Gasteiger partial charge is 0.490 e. The Hall–Kier alpha value is -4.47. The molecule has 1 atom stereocenters. The number of ether oxygens (including phenoxy) is 3. The minimum atomic E-state index is -0.596. The van der Waals surface area contributed by atoms with E-state index < -0.39 is 12.0 Å². The topological polar surface area (TPSA) is 79.1 Å². The quantitative estimate of drug-likeness (QED) is 0.192. The van der Waals surface area contributed by atoms with Crippen molar-refractivity contribution in [3.8, 4) is 11.5 Å². The van der Waals surface area contributed by atoms with Gasteiger partial charge in [-0.15, -0.1) is 11.3 Å². The van der Waals surface area contributed by atoms with Crippen molar-refractivity contribution < 1.29 is 19.0 Å². The molecule has 1 aliphatic heterocycles. The standard InChI is InChI=1S/C34H30N2O5S2/c1-4-39-27-18-22(15-16-26(27)41-20-24-12-8-11-23-10-6-7-13-25(23)24)19-29-32(37)36-31(28-14-9-17-42-28)30(33(38)40-5-2)21(3)35-34(36)43-29/h6-19,31H,4-5,20H2,1-3H3/b29-19-/t31-/m1/s1. The zero-order chi connectivity index (χ0) is 29.9. The van der Waals surface area contributed by atoms with Crippen LogP contribution in [0.2, 0.25) is 0 Å². The molecule has 5 aromatic rings. The number of aromatic nitrogens is 1. The lowest BCUT2D eigenvalue weighted by molar-refractivity contribution is -0.139. The van der Waals surface area contributed by atoms with E-state index in [2.05, 4.69) is 29.3 Å². The van der Waals surface area contributed by atoms with E-state index in [-0.39, 0.29) is 12.2 Å². The number of allylic oxidation sites excluding steroid dienone is 1. The predicted molar refractivity (Wildman–Crippen MR) is 171 cm³/mol. The third kappa shape index (κ3) is 5.66. The van der Waals surface area contributed by atoms with E-state index in [1.807, 2.05) is 66.9 Å². The maximum absolute atomic E-state index is 13.9. The first-order valence-electron chi connectivity index (χ1n) is 14.1. The Balaban J connectivity index is 1.36. The Morgan fingerprint density at radius 2 is 1.81 bits per heavy atom. The van der Waals surface area contributed by atoms with E-state index >= 15 is 0 Å². The minimum absolute atomic E-state index is 0.217. The summed E-state index contributed by atoms with van der Waals surface area (Å²) in [6.45, 7) is 6.57. The monoisotopic (exact) mass is 610 g/mol. The van der Waals surface area contributed by atoms with Crippen LogP contribution in [0.15, 0.2) is 99.2 Å². The number of carbonyl (C=O) groups excluding carboxylic acids is 1. The molecule has 1 aliphatic rings. The lowest BCUT2D eigenvalue weighted by Crippen LogP contribution is -2.39. The molecule has 3 heterocycles. The fourth-order valence-electron chi connectivity index (χ4n) is 5.23. The van der Waals surface area contributed by atoms with Crippen LogP contribution in [0.1, 0.15) is 42.8 Å². The first-order valence-corrected chi connectivity index (χ1v) is 15.8. The van der Waals surface area contributed by atoms with Crippen LogP contribution in [-0.4, -0.2) is 23.8 Å². The van der Waals surface area contributed by atoms with Gasteiger partial charge in [0, 0.05) is 4.88 Å². The molecule has 218 valence electrons. The highest BCUT2D eigenvalue weighted by Crippen LogP contribution is 2.33. The second-order valence-corrected chi connectivity index (χ2v) is 11.9. The van der Waals surface area contributed by atoms with E-state index in [0.29, 0.717) is 45.3 Å². The van der Waals surface area contributed by atoms with Gasteiger partial charge in [0.2, 0.25) is 0 Å². The van der Waals surface area contributed by atoms with Crippen LogP contribution in [0.3, 0.4) is 0 Å². The fraction of sp³-hybridized carbons (Fsp3) is 0.206. The Bertz CT molecular complexity index is 2020. The number of nitrogens with zero attached hydrogens (tertiary/aromatic N) is 2. The number of benzene rings is 3. The molecule has 7 nitrogen and oxygen atoms in total. The molecule has 0 spiro atoms. The Morgan fingerprint density at radius 1 is 0.977 bits per heavy atom. The van der Waals surface area contributed by atoms with Gasteiger partial charge in [-0.2, -0.15) is 0 Å². The van der Waals surface area contributed by atoms with Crippen molar-refractivity contribution in [3.63, 3.8) is 0 Å². The molecule has 0 radical (unpaired) electrons. The summed E-state index contributed by atoms with van der Waals surface area (Å²) >= 11 is 2.78. The number of thiazole rings is 1. The number of fused-ring (bicyclic) bond motifs is 2. The van der Waals surface area contributed by atoms with Gasteiger partial charge in [-0.25, -0.2) is 9.79 Å². The van der Waals surface area contributed by atoms with E-state index in [4.69, 9.17) is 14.2 Å².